The minimum atomic E-state index is -0.163. The third kappa shape index (κ3) is 2.25. The van der Waals surface area contributed by atoms with Crippen LogP contribution in [0.15, 0.2) is 24.0 Å². The van der Waals surface area contributed by atoms with E-state index in [0.717, 1.165) is 12.0 Å². The van der Waals surface area contributed by atoms with Gasteiger partial charge in [0.15, 0.2) is 23.0 Å². The van der Waals surface area contributed by atoms with Crippen molar-refractivity contribution in [2.75, 3.05) is 13.7 Å². The molecule has 5 nitrogen and oxygen atoms in total. The Morgan fingerprint density at radius 3 is 2.77 bits per heavy atom. The Labute approximate surface area is 129 Å². The molecule has 22 heavy (non-hydrogen) atoms. The van der Waals surface area contributed by atoms with Crippen LogP contribution in [0.1, 0.15) is 42.9 Å². The SMILES string of the molecule is CCOC1CC2C=C(OC)C(=O)CC2c2c1ccc(O)c2O. The number of rotatable bonds is 3. The van der Waals surface area contributed by atoms with Gasteiger partial charge in [-0.1, -0.05) is 6.07 Å². The van der Waals surface area contributed by atoms with Gasteiger partial charge in [-0.2, -0.15) is 0 Å². The number of ketones is 1. The van der Waals surface area contributed by atoms with Crippen molar-refractivity contribution in [3.63, 3.8) is 0 Å². The summed E-state index contributed by atoms with van der Waals surface area (Å²) in [5, 5.41) is 20.1. The predicted octanol–water partition coefficient (Wildman–Crippen LogP) is 2.78. The summed E-state index contributed by atoms with van der Waals surface area (Å²) < 4.78 is 10.9. The van der Waals surface area contributed by atoms with Crippen LogP contribution >= 0.6 is 0 Å². The molecule has 5 heteroatoms. The van der Waals surface area contributed by atoms with Crippen LogP contribution in [0.5, 0.6) is 11.5 Å². The van der Waals surface area contributed by atoms with Crippen LogP contribution in [-0.2, 0) is 14.3 Å². The number of phenolic OH excluding ortho intramolecular Hbond substituents is 2. The van der Waals surface area contributed by atoms with Crippen LogP contribution in [0.4, 0.5) is 0 Å². The zero-order valence-electron chi connectivity index (χ0n) is 12.7. The Morgan fingerprint density at radius 1 is 1.32 bits per heavy atom. The van der Waals surface area contributed by atoms with Gasteiger partial charge in [0.05, 0.1) is 13.2 Å². The quantitative estimate of drug-likeness (QED) is 0.840. The second-order valence-electron chi connectivity index (χ2n) is 5.75. The lowest BCUT2D eigenvalue weighted by atomic mass is 9.68. The zero-order chi connectivity index (χ0) is 15.9. The molecule has 0 radical (unpaired) electrons. The molecule has 0 bridgehead atoms. The number of aromatic hydroxyl groups is 2. The van der Waals surface area contributed by atoms with E-state index >= 15 is 0 Å². The highest BCUT2D eigenvalue weighted by atomic mass is 16.5. The molecule has 1 aromatic carbocycles. The van der Waals surface area contributed by atoms with E-state index in [2.05, 4.69) is 0 Å². The Bertz CT molecular complexity index is 634. The molecule has 3 atom stereocenters. The highest BCUT2D eigenvalue weighted by molar-refractivity contribution is 5.95. The summed E-state index contributed by atoms with van der Waals surface area (Å²) in [5.41, 5.74) is 1.50. The maximum absolute atomic E-state index is 12.1. The average Bonchev–Trinajstić information content (AvgIpc) is 2.50. The normalized spacial score (nSPS) is 26.9. The van der Waals surface area contributed by atoms with Crippen molar-refractivity contribution < 1.29 is 24.5 Å². The molecule has 0 saturated heterocycles. The van der Waals surface area contributed by atoms with Crippen LogP contribution in [0.2, 0.25) is 0 Å². The Hall–Kier alpha value is -2.01. The van der Waals surface area contributed by atoms with E-state index in [-0.39, 0.29) is 41.6 Å². The average molecular weight is 304 g/mol. The Morgan fingerprint density at radius 2 is 2.09 bits per heavy atom. The first-order chi connectivity index (χ1) is 10.6. The third-order valence-corrected chi connectivity index (χ3v) is 4.58. The summed E-state index contributed by atoms with van der Waals surface area (Å²) in [5.74, 6) is -0.107. The van der Waals surface area contributed by atoms with Crippen molar-refractivity contribution in [1.82, 2.24) is 0 Å². The number of allylic oxidation sites excluding steroid dienone is 2. The molecule has 0 heterocycles. The second-order valence-corrected chi connectivity index (χ2v) is 5.75. The first-order valence-corrected chi connectivity index (χ1v) is 7.52. The molecule has 3 rings (SSSR count). The molecule has 0 aromatic heterocycles. The van der Waals surface area contributed by atoms with Gasteiger partial charge in [0.25, 0.3) is 0 Å². The molecule has 0 aliphatic heterocycles. The van der Waals surface area contributed by atoms with E-state index in [4.69, 9.17) is 9.47 Å². The lowest BCUT2D eigenvalue weighted by Gasteiger charge is -2.39. The molecular formula is C17H20O5. The summed E-state index contributed by atoms with van der Waals surface area (Å²) in [4.78, 5) is 12.1. The van der Waals surface area contributed by atoms with E-state index in [0.29, 0.717) is 17.9 Å². The van der Waals surface area contributed by atoms with E-state index in [1.165, 1.54) is 13.2 Å². The summed E-state index contributed by atoms with van der Waals surface area (Å²) >= 11 is 0. The van der Waals surface area contributed by atoms with Crippen molar-refractivity contribution in [1.29, 1.82) is 0 Å². The maximum Gasteiger partial charge on any atom is 0.197 e. The molecule has 2 aliphatic carbocycles. The lowest BCUT2D eigenvalue weighted by molar-refractivity contribution is -0.120. The van der Waals surface area contributed by atoms with Gasteiger partial charge in [0.1, 0.15) is 0 Å². The number of phenols is 2. The standard InChI is InChI=1S/C17H20O5/c1-3-22-14-6-9-7-15(21-2)13(19)8-11(9)16-10(14)4-5-12(18)17(16)20/h4-5,7,9,11,14,18,20H,3,6,8H2,1-2H3. The molecule has 0 amide bonds. The fourth-order valence-corrected chi connectivity index (χ4v) is 3.60. The molecule has 118 valence electrons. The number of carbonyl (C=O) groups is 1. The van der Waals surface area contributed by atoms with Crippen LogP contribution in [0.25, 0.3) is 0 Å². The molecule has 3 unspecified atom stereocenters. The van der Waals surface area contributed by atoms with Crippen LogP contribution in [0, 0.1) is 5.92 Å². The summed E-state index contributed by atoms with van der Waals surface area (Å²) in [6.45, 7) is 2.48. The van der Waals surface area contributed by atoms with Crippen molar-refractivity contribution in [3.05, 3.63) is 35.1 Å². The first-order valence-electron chi connectivity index (χ1n) is 7.52. The van der Waals surface area contributed by atoms with Crippen molar-refractivity contribution in [3.8, 4) is 11.5 Å². The number of benzene rings is 1. The van der Waals surface area contributed by atoms with Gasteiger partial charge < -0.3 is 19.7 Å². The number of ether oxygens (including phenoxy) is 2. The molecule has 1 aromatic rings. The first kappa shape index (κ1) is 14.9. The van der Waals surface area contributed by atoms with Crippen molar-refractivity contribution in [2.45, 2.75) is 31.8 Å². The minimum absolute atomic E-state index is 0.0457. The number of Topliss-reactive ketones (excluding diaryl/α,β-unsaturated/α-hetero) is 1. The van der Waals surface area contributed by atoms with Crippen LogP contribution < -0.4 is 0 Å². The van der Waals surface area contributed by atoms with Gasteiger partial charge >= 0.3 is 0 Å². The topological polar surface area (TPSA) is 76.0 Å². The highest BCUT2D eigenvalue weighted by Crippen LogP contribution is 2.52. The smallest absolute Gasteiger partial charge is 0.197 e. The number of methoxy groups -OCH3 is 1. The molecule has 2 aliphatic rings. The third-order valence-electron chi connectivity index (χ3n) is 4.58. The molecule has 0 spiro atoms. The van der Waals surface area contributed by atoms with E-state index in [9.17, 15) is 15.0 Å². The maximum atomic E-state index is 12.1. The minimum Gasteiger partial charge on any atom is -0.504 e. The van der Waals surface area contributed by atoms with Gasteiger partial charge in [-0.25, -0.2) is 0 Å². The molecule has 0 saturated carbocycles. The number of hydrogen-bond donors (Lipinski definition) is 2. The predicted molar refractivity (Wildman–Crippen MR) is 79.7 cm³/mol. The molecular weight excluding hydrogens is 284 g/mol. The van der Waals surface area contributed by atoms with Gasteiger partial charge in [0, 0.05) is 24.5 Å². The summed E-state index contributed by atoms with van der Waals surface area (Å²) in [6.07, 6.45) is 2.67. The Kier molecular flexibility index (Phi) is 3.83. The summed E-state index contributed by atoms with van der Waals surface area (Å²) in [6, 6.07) is 3.25. The molecule has 2 N–H and O–H groups in total. The second kappa shape index (κ2) is 5.65. The van der Waals surface area contributed by atoms with Crippen LogP contribution in [-0.4, -0.2) is 29.7 Å². The van der Waals surface area contributed by atoms with Gasteiger partial charge in [-0.15, -0.1) is 0 Å². The fourth-order valence-electron chi connectivity index (χ4n) is 3.60. The highest BCUT2D eigenvalue weighted by Gasteiger charge is 2.41. The lowest BCUT2D eigenvalue weighted by Crippen LogP contribution is -2.30. The zero-order valence-corrected chi connectivity index (χ0v) is 12.7. The van der Waals surface area contributed by atoms with Crippen LogP contribution in [0.3, 0.4) is 0 Å². The van der Waals surface area contributed by atoms with Gasteiger partial charge in [-0.05, 0) is 37.0 Å². The van der Waals surface area contributed by atoms with E-state index in [1.54, 1.807) is 6.07 Å². The van der Waals surface area contributed by atoms with E-state index in [1.807, 2.05) is 13.0 Å². The van der Waals surface area contributed by atoms with Crippen molar-refractivity contribution in [2.24, 2.45) is 5.92 Å². The van der Waals surface area contributed by atoms with Crippen molar-refractivity contribution >= 4 is 5.78 Å². The molecule has 0 fully saturated rings. The number of fused-ring (bicyclic) bond motifs is 3. The van der Waals surface area contributed by atoms with E-state index < -0.39 is 0 Å². The Balaban J connectivity index is 2.11. The summed E-state index contributed by atoms with van der Waals surface area (Å²) in [7, 11) is 1.49. The van der Waals surface area contributed by atoms with Gasteiger partial charge in [-0.3, -0.25) is 4.79 Å². The largest absolute Gasteiger partial charge is 0.504 e. The van der Waals surface area contributed by atoms with Gasteiger partial charge in [0.2, 0.25) is 0 Å². The monoisotopic (exact) mass is 304 g/mol. The fraction of sp³-hybridized carbons (Fsp3) is 0.471. The number of carbonyl (C=O) groups excluding carboxylic acids is 1. The number of hydrogen-bond acceptors (Lipinski definition) is 5.